The number of carbonyl (C=O) groups excluding carboxylic acids is 1. The summed E-state index contributed by atoms with van der Waals surface area (Å²) in [6.07, 6.45) is -4.22. The largest absolute Gasteiger partial charge is 0.490 e. The molecule has 0 saturated heterocycles. The van der Waals surface area contributed by atoms with Gasteiger partial charge in [-0.2, -0.15) is 26.9 Å². The minimum atomic E-state index is -4.87. The van der Waals surface area contributed by atoms with Crippen molar-refractivity contribution < 1.29 is 39.7 Å². The summed E-state index contributed by atoms with van der Waals surface area (Å²) in [6.45, 7) is 0.263. The molecule has 0 unspecified atom stereocenters. The van der Waals surface area contributed by atoms with Crippen LogP contribution in [0.1, 0.15) is 18.1 Å². The van der Waals surface area contributed by atoms with Crippen molar-refractivity contribution in [1.82, 2.24) is 0 Å². The summed E-state index contributed by atoms with van der Waals surface area (Å²) in [4.78, 5) is 12.7. The van der Waals surface area contributed by atoms with Crippen LogP contribution in [0.5, 0.6) is 5.75 Å². The molecule has 1 N–H and O–H groups in total. The molecular weight excluding hydrogens is 480 g/mol. The molecule has 2 rings (SSSR count). The van der Waals surface area contributed by atoms with Crippen molar-refractivity contribution in [3.8, 4) is 11.8 Å². The zero-order chi connectivity index (χ0) is 24.3. The molecule has 32 heavy (non-hydrogen) atoms. The summed E-state index contributed by atoms with van der Waals surface area (Å²) >= 11 is 5.57. The molecule has 0 aliphatic heterocycles. The van der Waals surface area contributed by atoms with E-state index < -0.39 is 51.4 Å². The SMILES string of the molecule is C[C@@](COc1ccc(Cl)c(F)c1)(OS(C)(=O)=O)C(=O)Nc1ccc(C#N)c(C(F)(F)F)c1. The highest BCUT2D eigenvalue weighted by Gasteiger charge is 2.40. The fraction of sp³-hybridized carbons (Fsp3) is 0.263. The van der Waals surface area contributed by atoms with E-state index in [1.54, 1.807) is 0 Å². The number of carbonyl (C=O) groups is 1. The fourth-order valence-corrected chi connectivity index (χ4v) is 3.38. The van der Waals surface area contributed by atoms with Crippen molar-refractivity contribution in [1.29, 1.82) is 5.26 Å². The third kappa shape index (κ3) is 6.56. The molecule has 0 saturated carbocycles. The number of ether oxygens (including phenoxy) is 1. The van der Waals surface area contributed by atoms with Gasteiger partial charge in [-0.25, -0.2) is 4.39 Å². The summed E-state index contributed by atoms with van der Waals surface area (Å²) < 4.78 is 86.4. The zero-order valence-corrected chi connectivity index (χ0v) is 18.0. The highest BCUT2D eigenvalue weighted by atomic mass is 35.5. The monoisotopic (exact) mass is 494 g/mol. The van der Waals surface area contributed by atoms with Crippen LogP contribution in [0.25, 0.3) is 0 Å². The zero-order valence-electron chi connectivity index (χ0n) is 16.5. The number of alkyl halides is 3. The van der Waals surface area contributed by atoms with E-state index in [4.69, 9.17) is 25.8 Å². The maximum absolute atomic E-state index is 13.6. The lowest BCUT2D eigenvalue weighted by atomic mass is 10.1. The molecule has 13 heteroatoms. The first-order chi connectivity index (χ1) is 14.6. The summed E-state index contributed by atoms with van der Waals surface area (Å²) in [5.41, 5.74) is -4.59. The molecular formula is C19H15ClF4N2O5S. The van der Waals surface area contributed by atoms with Crippen LogP contribution >= 0.6 is 11.6 Å². The standard InChI is InChI=1S/C19H15ClF4N2O5S/c1-18(31-32(2,28)29,10-30-13-5-6-15(20)16(21)8-13)17(27)26-12-4-3-11(9-25)14(7-12)19(22,23)24/h3-8H,10H2,1-2H3,(H,26,27)/t18-/m0/s1. The molecule has 0 spiro atoms. The Morgan fingerprint density at radius 2 is 1.88 bits per heavy atom. The van der Waals surface area contributed by atoms with E-state index in [1.165, 1.54) is 12.1 Å². The van der Waals surface area contributed by atoms with Crippen LogP contribution in [0.4, 0.5) is 23.2 Å². The molecule has 0 aromatic heterocycles. The van der Waals surface area contributed by atoms with Crippen molar-refractivity contribution in [3.63, 3.8) is 0 Å². The average molecular weight is 495 g/mol. The van der Waals surface area contributed by atoms with Gasteiger partial charge < -0.3 is 10.1 Å². The lowest BCUT2D eigenvalue weighted by Gasteiger charge is -2.27. The van der Waals surface area contributed by atoms with E-state index in [9.17, 15) is 30.8 Å². The van der Waals surface area contributed by atoms with Crippen LogP contribution in [0.2, 0.25) is 5.02 Å². The van der Waals surface area contributed by atoms with E-state index in [-0.39, 0.29) is 16.5 Å². The first kappa shape index (κ1) is 25.4. The second-order valence-electron chi connectivity index (χ2n) is 6.71. The Morgan fingerprint density at radius 1 is 1.22 bits per heavy atom. The van der Waals surface area contributed by atoms with Crippen molar-refractivity contribution >= 4 is 33.3 Å². The molecule has 7 nitrogen and oxygen atoms in total. The van der Waals surface area contributed by atoms with E-state index in [0.29, 0.717) is 12.3 Å². The molecule has 1 amide bonds. The highest BCUT2D eigenvalue weighted by Crippen LogP contribution is 2.34. The quantitative estimate of drug-likeness (QED) is 0.458. The van der Waals surface area contributed by atoms with Gasteiger partial charge in [0.1, 0.15) is 18.2 Å². The van der Waals surface area contributed by atoms with Crippen molar-refractivity contribution in [2.75, 3.05) is 18.2 Å². The second kappa shape index (κ2) is 9.32. The van der Waals surface area contributed by atoms with Crippen LogP contribution in [0, 0.1) is 17.1 Å². The summed E-state index contributed by atoms with van der Waals surface area (Å²) in [5.74, 6) is -2.12. The van der Waals surface area contributed by atoms with E-state index >= 15 is 0 Å². The third-order valence-corrected chi connectivity index (χ3v) is 4.90. The van der Waals surface area contributed by atoms with Crippen LogP contribution in [0.3, 0.4) is 0 Å². The maximum Gasteiger partial charge on any atom is 0.417 e. The normalized spacial score (nSPS) is 13.7. The Morgan fingerprint density at radius 3 is 2.41 bits per heavy atom. The highest BCUT2D eigenvalue weighted by molar-refractivity contribution is 7.86. The number of anilines is 1. The first-order valence-corrected chi connectivity index (χ1v) is 10.8. The molecule has 1 atom stereocenters. The van der Waals surface area contributed by atoms with E-state index in [2.05, 4.69) is 5.32 Å². The molecule has 172 valence electrons. The average Bonchev–Trinajstić information content (AvgIpc) is 2.67. The molecule has 0 aliphatic rings. The third-order valence-electron chi connectivity index (χ3n) is 3.92. The Hall–Kier alpha value is -2.88. The summed E-state index contributed by atoms with van der Waals surface area (Å²) in [5, 5.41) is 10.8. The molecule has 0 heterocycles. The van der Waals surface area contributed by atoms with Gasteiger partial charge in [0.25, 0.3) is 16.0 Å². The fourth-order valence-electron chi connectivity index (χ4n) is 2.47. The molecule has 0 aliphatic carbocycles. The van der Waals surface area contributed by atoms with Crippen molar-refractivity contribution in [2.24, 2.45) is 0 Å². The number of benzene rings is 2. The van der Waals surface area contributed by atoms with Gasteiger partial charge in [0.15, 0.2) is 5.60 Å². The molecule has 2 aromatic rings. The van der Waals surface area contributed by atoms with Gasteiger partial charge in [-0.05, 0) is 37.3 Å². The number of rotatable bonds is 7. The van der Waals surface area contributed by atoms with E-state index in [1.807, 2.05) is 0 Å². The van der Waals surface area contributed by atoms with Crippen LogP contribution in [-0.2, 0) is 25.3 Å². The van der Waals surface area contributed by atoms with Gasteiger partial charge in [0, 0.05) is 11.8 Å². The topological polar surface area (TPSA) is 105 Å². The summed E-state index contributed by atoms with van der Waals surface area (Å²) in [6, 6.07) is 7.09. The first-order valence-electron chi connectivity index (χ1n) is 8.56. The maximum atomic E-state index is 13.6. The predicted molar refractivity (Wildman–Crippen MR) is 106 cm³/mol. The van der Waals surface area contributed by atoms with Gasteiger partial charge in [0.05, 0.1) is 28.5 Å². The van der Waals surface area contributed by atoms with Crippen LogP contribution in [0.15, 0.2) is 36.4 Å². The minimum absolute atomic E-state index is 0.110. The lowest BCUT2D eigenvalue weighted by molar-refractivity contribution is -0.138. The van der Waals surface area contributed by atoms with Crippen LogP contribution < -0.4 is 10.1 Å². The van der Waals surface area contributed by atoms with E-state index in [0.717, 1.165) is 31.2 Å². The molecule has 0 fully saturated rings. The predicted octanol–water partition coefficient (Wildman–Crippen LogP) is 4.12. The van der Waals surface area contributed by atoms with Crippen molar-refractivity contribution in [3.05, 3.63) is 58.4 Å². The Labute approximate surface area is 185 Å². The lowest BCUT2D eigenvalue weighted by Crippen LogP contribution is -2.48. The second-order valence-corrected chi connectivity index (χ2v) is 8.69. The van der Waals surface area contributed by atoms with Gasteiger partial charge in [-0.1, -0.05) is 11.6 Å². The number of amides is 1. The number of nitriles is 1. The smallest absolute Gasteiger partial charge is 0.417 e. The minimum Gasteiger partial charge on any atom is -0.490 e. The number of nitrogens with one attached hydrogen (secondary N) is 1. The molecule has 2 aromatic carbocycles. The molecule has 0 bridgehead atoms. The number of hydrogen-bond donors (Lipinski definition) is 1. The summed E-state index contributed by atoms with van der Waals surface area (Å²) in [7, 11) is -4.24. The number of halogens is 5. The van der Waals surface area contributed by atoms with Gasteiger partial charge in [-0.3, -0.25) is 8.98 Å². The number of nitrogens with zero attached hydrogens (tertiary/aromatic N) is 1. The molecule has 0 radical (unpaired) electrons. The van der Waals surface area contributed by atoms with Crippen molar-refractivity contribution in [2.45, 2.75) is 18.7 Å². The van der Waals surface area contributed by atoms with Gasteiger partial charge in [-0.15, -0.1) is 0 Å². The Bertz CT molecular complexity index is 1180. The Kier molecular flexibility index (Phi) is 7.39. The number of hydrogen-bond acceptors (Lipinski definition) is 6. The van der Waals surface area contributed by atoms with Crippen LogP contribution in [-0.4, -0.2) is 32.8 Å². The van der Waals surface area contributed by atoms with Gasteiger partial charge >= 0.3 is 6.18 Å². The Balaban J connectivity index is 2.33. The van der Waals surface area contributed by atoms with Gasteiger partial charge in [0.2, 0.25) is 0 Å².